The smallest absolute Gasteiger partial charge is 0.199 e. The molecule has 1 saturated heterocycles. The van der Waals surface area contributed by atoms with Gasteiger partial charge in [0.2, 0.25) is 0 Å². The number of benzene rings is 1. The van der Waals surface area contributed by atoms with Gasteiger partial charge in [0.25, 0.3) is 0 Å². The van der Waals surface area contributed by atoms with E-state index in [0.29, 0.717) is 11.7 Å². The lowest BCUT2D eigenvalue weighted by Crippen LogP contribution is -2.21. The second-order valence-electron chi connectivity index (χ2n) is 5.87. The maximum Gasteiger partial charge on any atom is 0.199 e. The van der Waals surface area contributed by atoms with Gasteiger partial charge in [0.15, 0.2) is 6.29 Å². The molecule has 0 N–H and O–H groups in total. The third kappa shape index (κ3) is 5.90. The molecule has 0 aliphatic carbocycles. The molecule has 1 aromatic rings. The highest BCUT2D eigenvalue weighted by atomic mass is 16.7. The van der Waals surface area contributed by atoms with Crippen LogP contribution in [-0.2, 0) is 9.47 Å². The number of ether oxygens (including phenoxy) is 2. The minimum atomic E-state index is -0.121. The van der Waals surface area contributed by atoms with E-state index in [1.54, 1.807) is 0 Å². The molecule has 22 heavy (non-hydrogen) atoms. The molecule has 2 unspecified atom stereocenters. The highest BCUT2D eigenvalue weighted by Crippen LogP contribution is 2.17. The van der Waals surface area contributed by atoms with Crippen molar-refractivity contribution in [1.82, 2.24) is 0 Å². The number of aryl methyl sites for hydroxylation is 1. The van der Waals surface area contributed by atoms with Gasteiger partial charge in [-0.05, 0) is 37.3 Å². The lowest BCUT2D eigenvalue weighted by Gasteiger charge is -2.23. The van der Waals surface area contributed by atoms with Gasteiger partial charge in [-0.15, -0.1) is 0 Å². The van der Waals surface area contributed by atoms with E-state index in [1.165, 1.54) is 11.1 Å². The van der Waals surface area contributed by atoms with Gasteiger partial charge in [-0.3, -0.25) is 0 Å². The zero-order valence-corrected chi connectivity index (χ0v) is 13.6. The minimum absolute atomic E-state index is 0.121. The van der Waals surface area contributed by atoms with Gasteiger partial charge in [-0.1, -0.05) is 61.6 Å². The molecule has 1 aromatic carbocycles. The average molecular weight is 298 g/mol. The van der Waals surface area contributed by atoms with Crippen LogP contribution in [0.1, 0.15) is 37.3 Å². The van der Waals surface area contributed by atoms with E-state index < -0.39 is 0 Å². The maximum atomic E-state index is 5.69. The average Bonchev–Trinajstić information content (AvgIpc) is 2.53. The highest BCUT2D eigenvalue weighted by molar-refractivity contribution is 5.50. The van der Waals surface area contributed by atoms with Crippen LogP contribution in [0.2, 0.25) is 0 Å². The molecule has 2 rings (SSSR count). The van der Waals surface area contributed by atoms with Crippen molar-refractivity contribution in [3.8, 4) is 0 Å². The number of rotatable bonds is 6. The fraction of sp³-hybridized carbons (Fsp3) is 0.400. The summed E-state index contributed by atoms with van der Waals surface area (Å²) >= 11 is 0. The first-order valence-corrected chi connectivity index (χ1v) is 8.04. The largest absolute Gasteiger partial charge is 0.466 e. The minimum Gasteiger partial charge on any atom is -0.466 e. The maximum absolute atomic E-state index is 5.69. The van der Waals surface area contributed by atoms with E-state index in [4.69, 9.17) is 9.47 Å². The number of hydrogen-bond acceptors (Lipinski definition) is 2. The van der Waals surface area contributed by atoms with Crippen LogP contribution in [0.25, 0.3) is 6.08 Å². The molecule has 2 heteroatoms. The standard InChI is InChI=1S/C20H26O2/c1-16(8-12-19-13-9-17(2)10-14-19)7-11-18(3)22-20-6-4-5-15-21-20/h7-14,16,20H,3-6,15H2,1-2H3/b11-7-,12-8+. The second-order valence-corrected chi connectivity index (χ2v) is 5.87. The van der Waals surface area contributed by atoms with E-state index >= 15 is 0 Å². The van der Waals surface area contributed by atoms with Crippen LogP contribution < -0.4 is 0 Å². The lowest BCUT2D eigenvalue weighted by molar-refractivity contribution is -0.135. The summed E-state index contributed by atoms with van der Waals surface area (Å²) in [5.74, 6) is 0.997. The van der Waals surface area contributed by atoms with Crippen molar-refractivity contribution in [1.29, 1.82) is 0 Å². The first kappa shape index (κ1) is 16.6. The van der Waals surface area contributed by atoms with Crippen molar-refractivity contribution in [2.24, 2.45) is 5.92 Å². The SMILES string of the molecule is C=C(/C=C\C(C)/C=C/c1ccc(C)cc1)OC1CCCCO1. The Hall–Kier alpha value is -1.80. The van der Waals surface area contributed by atoms with Crippen LogP contribution in [0.4, 0.5) is 0 Å². The van der Waals surface area contributed by atoms with Gasteiger partial charge in [0.1, 0.15) is 5.76 Å². The van der Waals surface area contributed by atoms with E-state index in [2.05, 4.69) is 62.9 Å². The van der Waals surface area contributed by atoms with Crippen LogP contribution in [-0.4, -0.2) is 12.9 Å². The molecular formula is C20H26O2. The summed E-state index contributed by atoms with van der Waals surface area (Å²) in [6, 6.07) is 8.51. The van der Waals surface area contributed by atoms with Gasteiger partial charge in [-0.2, -0.15) is 0 Å². The van der Waals surface area contributed by atoms with Gasteiger partial charge >= 0.3 is 0 Å². The second kappa shape index (κ2) is 8.60. The Bertz CT molecular complexity index is 519. The predicted octanol–water partition coefficient (Wildman–Crippen LogP) is 5.26. The van der Waals surface area contributed by atoms with Crippen LogP contribution in [0, 0.1) is 12.8 Å². The van der Waals surface area contributed by atoms with Crippen LogP contribution in [0.3, 0.4) is 0 Å². The van der Waals surface area contributed by atoms with Crippen molar-refractivity contribution in [2.45, 2.75) is 39.4 Å². The number of allylic oxidation sites excluding steroid dienone is 3. The first-order valence-electron chi connectivity index (χ1n) is 8.04. The van der Waals surface area contributed by atoms with Crippen LogP contribution in [0.5, 0.6) is 0 Å². The molecule has 0 bridgehead atoms. The number of hydrogen-bond donors (Lipinski definition) is 0. The molecule has 1 aliphatic heterocycles. The van der Waals surface area contributed by atoms with Crippen molar-refractivity contribution in [2.75, 3.05) is 6.61 Å². The molecule has 2 nitrogen and oxygen atoms in total. The Labute approximate surface area is 134 Å². The fourth-order valence-corrected chi connectivity index (χ4v) is 2.28. The fourth-order valence-electron chi connectivity index (χ4n) is 2.28. The third-order valence-corrected chi connectivity index (χ3v) is 3.68. The Morgan fingerprint density at radius 3 is 2.73 bits per heavy atom. The summed E-state index contributed by atoms with van der Waals surface area (Å²) < 4.78 is 11.2. The highest BCUT2D eigenvalue weighted by Gasteiger charge is 2.14. The summed E-state index contributed by atoms with van der Waals surface area (Å²) in [7, 11) is 0. The Balaban J connectivity index is 1.78. The molecule has 0 radical (unpaired) electrons. The van der Waals surface area contributed by atoms with Crippen molar-refractivity contribution < 1.29 is 9.47 Å². The summed E-state index contributed by atoms with van der Waals surface area (Å²) in [6.07, 6.45) is 11.5. The summed E-state index contributed by atoms with van der Waals surface area (Å²) in [5.41, 5.74) is 2.50. The van der Waals surface area contributed by atoms with Gasteiger partial charge in [0, 0.05) is 6.42 Å². The van der Waals surface area contributed by atoms with Crippen LogP contribution >= 0.6 is 0 Å². The predicted molar refractivity (Wildman–Crippen MR) is 92.3 cm³/mol. The molecule has 0 aromatic heterocycles. The lowest BCUT2D eigenvalue weighted by atomic mass is 10.1. The Kier molecular flexibility index (Phi) is 6.47. The zero-order chi connectivity index (χ0) is 15.8. The van der Waals surface area contributed by atoms with E-state index in [1.807, 2.05) is 6.08 Å². The van der Waals surface area contributed by atoms with Crippen molar-refractivity contribution in [3.63, 3.8) is 0 Å². The molecular weight excluding hydrogens is 272 g/mol. The van der Waals surface area contributed by atoms with E-state index in [-0.39, 0.29) is 6.29 Å². The topological polar surface area (TPSA) is 18.5 Å². The van der Waals surface area contributed by atoms with Gasteiger partial charge < -0.3 is 9.47 Å². The molecule has 1 fully saturated rings. The zero-order valence-electron chi connectivity index (χ0n) is 13.6. The molecule has 1 heterocycles. The molecule has 0 amide bonds. The molecule has 118 valence electrons. The summed E-state index contributed by atoms with van der Waals surface area (Å²) in [4.78, 5) is 0. The summed E-state index contributed by atoms with van der Waals surface area (Å²) in [6.45, 7) is 8.97. The van der Waals surface area contributed by atoms with Crippen molar-refractivity contribution >= 4 is 6.08 Å². The monoisotopic (exact) mass is 298 g/mol. The summed E-state index contributed by atoms with van der Waals surface area (Å²) in [5, 5.41) is 0. The molecule has 0 saturated carbocycles. The molecule has 0 spiro atoms. The quantitative estimate of drug-likeness (QED) is 0.527. The van der Waals surface area contributed by atoms with Gasteiger partial charge in [-0.25, -0.2) is 0 Å². The third-order valence-electron chi connectivity index (χ3n) is 3.68. The Morgan fingerprint density at radius 2 is 2.05 bits per heavy atom. The van der Waals surface area contributed by atoms with Gasteiger partial charge in [0.05, 0.1) is 6.61 Å². The van der Waals surface area contributed by atoms with Crippen LogP contribution in [0.15, 0.2) is 54.8 Å². The first-order chi connectivity index (χ1) is 10.6. The molecule has 2 atom stereocenters. The van der Waals surface area contributed by atoms with Crippen molar-refractivity contribution in [3.05, 3.63) is 66.0 Å². The molecule has 1 aliphatic rings. The van der Waals surface area contributed by atoms with E-state index in [0.717, 1.165) is 25.9 Å². The Morgan fingerprint density at radius 1 is 1.27 bits per heavy atom. The van der Waals surface area contributed by atoms with E-state index in [9.17, 15) is 0 Å². The normalized spacial score (nSPS) is 20.4.